The molecule has 3 aromatic rings. The normalized spacial score (nSPS) is 12.6. The van der Waals surface area contributed by atoms with Gasteiger partial charge in [-0.15, -0.1) is 0 Å². The molecule has 4 heteroatoms. The van der Waals surface area contributed by atoms with Crippen molar-refractivity contribution in [2.45, 2.75) is 26.7 Å². The lowest BCUT2D eigenvalue weighted by Crippen LogP contribution is -2.07. The highest BCUT2D eigenvalue weighted by Crippen LogP contribution is 2.38. The Balaban J connectivity index is 2.01. The van der Waals surface area contributed by atoms with Crippen molar-refractivity contribution in [2.75, 3.05) is 0 Å². The molecule has 1 aromatic heterocycles. The fourth-order valence-electron chi connectivity index (χ4n) is 3.40. The molecule has 0 saturated carbocycles. The molecule has 0 saturated heterocycles. The Morgan fingerprint density at radius 1 is 1.12 bits per heavy atom. The third kappa shape index (κ3) is 2.22. The quantitative estimate of drug-likeness (QED) is 0.730. The third-order valence-corrected chi connectivity index (χ3v) is 4.58. The molecule has 24 heavy (non-hydrogen) atoms. The standard InChI is InChI=1S/C20H18N2O2/c1-12-3-6-15(7-4-12)22-20-17-10-8-16(24)11-14(17)5-9-18(20)19(21-22)13(2)23/h3-4,6-8,10-11,24H,5,9H2,1-2H3. The van der Waals surface area contributed by atoms with E-state index in [1.54, 1.807) is 19.1 Å². The van der Waals surface area contributed by atoms with Gasteiger partial charge in [0, 0.05) is 18.1 Å². The maximum absolute atomic E-state index is 12.1. The highest BCUT2D eigenvalue weighted by Gasteiger charge is 2.27. The molecular formula is C20H18N2O2. The minimum Gasteiger partial charge on any atom is -0.508 e. The second-order valence-corrected chi connectivity index (χ2v) is 6.32. The first-order valence-electron chi connectivity index (χ1n) is 8.07. The fourth-order valence-corrected chi connectivity index (χ4v) is 3.40. The number of carbonyl (C=O) groups is 1. The summed E-state index contributed by atoms with van der Waals surface area (Å²) in [6, 6.07) is 13.5. The molecule has 1 aliphatic carbocycles. The van der Waals surface area contributed by atoms with Crippen LogP contribution in [0.15, 0.2) is 42.5 Å². The van der Waals surface area contributed by atoms with Gasteiger partial charge in [-0.25, -0.2) is 4.68 Å². The number of ketones is 1. The average Bonchev–Trinajstić information content (AvgIpc) is 2.95. The number of phenolic OH excluding ortho intramolecular Hbond substituents is 1. The number of fused-ring (bicyclic) bond motifs is 3. The van der Waals surface area contributed by atoms with Crippen molar-refractivity contribution in [2.24, 2.45) is 0 Å². The van der Waals surface area contributed by atoms with Crippen LogP contribution in [0, 0.1) is 6.92 Å². The molecule has 0 bridgehead atoms. The van der Waals surface area contributed by atoms with Gasteiger partial charge in [-0.2, -0.15) is 5.10 Å². The largest absolute Gasteiger partial charge is 0.508 e. The molecule has 4 rings (SSSR count). The summed E-state index contributed by atoms with van der Waals surface area (Å²) in [4.78, 5) is 12.1. The Morgan fingerprint density at radius 3 is 2.58 bits per heavy atom. The molecule has 0 radical (unpaired) electrons. The van der Waals surface area contributed by atoms with E-state index in [4.69, 9.17) is 0 Å². The van der Waals surface area contributed by atoms with Gasteiger partial charge < -0.3 is 5.11 Å². The van der Waals surface area contributed by atoms with Gasteiger partial charge in [-0.3, -0.25) is 4.79 Å². The van der Waals surface area contributed by atoms with Crippen LogP contribution in [0.3, 0.4) is 0 Å². The van der Waals surface area contributed by atoms with Crippen molar-refractivity contribution in [3.63, 3.8) is 0 Å². The molecule has 4 nitrogen and oxygen atoms in total. The molecule has 0 spiro atoms. The summed E-state index contributed by atoms with van der Waals surface area (Å²) in [7, 11) is 0. The van der Waals surface area contributed by atoms with E-state index >= 15 is 0 Å². The van der Waals surface area contributed by atoms with E-state index < -0.39 is 0 Å². The van der Waals surface area contributed by atoms with E-state index in [0.29, 0.717) is 5.69 Å². The van der Waals surface area contributed by atoms with Crippen LogP contribution in [0.1, 0.15) is 34.1 Å². The van der Waals surface area contributed by atoms with Gasteiger partial charge in [0.25, 0.3) is 0 Å². The molecule has 1 aliphatic rings. The zero-order valence-electron chi connectivity index (χ0n) is 13.7. The van der Waals surface area contributed by atoms with E-state index in [0.717, 1.165) is 40.9 Å². The van der Waals surface area contributed by atoms with Gasteiger partial charge in [0.2, 0.25) is 0 Å². The summed E-state index contributed by atoms with van der Waals surface area (Å²) in [5.41, 5.74) is 6.75. The lowest BCUT2D eigenvalue weighted by Gasteiger charge is -2.19. The smallest absolute Gasteiger partial charge is 0.180 e. The van der Waals surface area contributed by atoms with Gasteiger partial charge in [-0.1, -0.05) is 17.7 Å². The Morgan fingerprint density at radius 2 is 1.88 bits per heavy atom. The van der Waals surface area contributed by atoms with Crippen LogP contribution in [0.5, 0.6) is 5.75 Å². The van der Waals surface area contributed by atoms with Crippen LogP contribution >= 0.6 is 0 Å². The summed E-state index contributed by atoms with van der Waals surface area (Å²) in [5.74, 6) is 0.254. The first-order chi connectivity index (χ1) is 11.5. The van der Waals surface area contributed by atoms with Crippen molar-refractivity contribution in [1.29, 1.82) is 0 Å². The number of hydrogen-bond acceptors (Lipinski definition) is 3. The van der Waals surface area contributed by atoms with Crippen molar-refractivity contribution < 1.29 is 9.90 Å². The minimum atomic E-state index is -0.0145. The van der Waals surface area contributed by atoms with E-state index in [2.05, 4.69) is 5.10 Å². The van der Waals surface area contributed by atoms with E-state index in [1.807, 2.05) is 41.9 Å². The number of hydrogen-bond donors (Lipinski definition) is 1. The maximum atomic E-state index is 12.1. The van der Waals surface area contributed by atoms with Gasteiger partial charge in [0.05, 0.1) is 11.4 Å². The molecule has 1 N–H and O–H groups in total. The topological polar surface area (TPSA) is 55.1 Å². The Labute approximate surface area is 140 Å². The number of Topliss-reactive ketones (excluding diaryl/α,β-unsaturated/α-hetero) is 1. The number of nitrogens with zero attached hydrogens (tertiary/aromatic N) is 2. The van der Waals surface area contributed by atoms with E-state index in [1.165, 1.54) is 5.56 Å². The van der Waals surface area contributed by atoms with Crippen molar-refractivity contribution >= 4 is 5.78 Å². The van der Waals surface area contributed by atoms with Crippen LogP contribution in [0.4, 0.5) is 0 Å². The van der Waals surface area contributed by atoms with Crippen LogP contribution in [-0.2, 0) is 12.8 Å². The fraction of sp³-hybridized carbons (Fsp3) is 0.200. The van der Waals surface area contributed by atoms with E-state index in [-0.39, 0.29) is 11.5 Å². The molecule has 0 fully saturated rings. The Hall–Kier alpha value is -2.88. The lowest BCUT2D eigenvalue weighted by atomic mass is 9.88. The zero-order chi connectivity index (χ0) is 16.8. The first-order valence-corrected chi connectivity index (χ1v) is 8.07. The number of rotatable bonds is 2. The van der Waals surface area contributed by atoms with Crippen LogP contribution in [0.25, 0.3) is 16.9 Å². The highest BCUT2D eigenvalue weighted by atomic mass is 16.3. The molecule has 2 aromatic carbocycles. The summed E-state index contributed by atoms with van der Waals surface area (Å²) >= 11 is 0. The number of aromatic hydroxyl groups is 1. The van der Waals surface area contributed by atoms with Gasteiger partial charge in [0.15, 0.2) is 5.78 Å². The zero-order valence-corrected chi connectivity index (χ0v) is 13.7. The number of aromatic nitrogens is 2. The van der Waals surface area contributed by atoms with Crippen molar-refractivity contribution in [3.05, 3.63) is 64.8 Å². The monoisotopic (exact) mass is 318 g/mol. The summed E-state index contributed by atoms with van der Waals surface area (Å²) in [6.45, 7) is 3.61. The van der Waals surface area contributed by atoms with Crippen molar-refractivity contribution in [1.82, 2.24) is 9.78 Å². The van der Waals surface area contributed by atoms with E-state index in [9.17, 15) is 9.90 Å². The molecule has 1 heterocycles. The molecule has 120 valence electrons. The number of phenols is 1. The summed E-state index contributed by atoms with van der Waals surface area (Å²) in [6.07, 6.45) is 1.56. The summed E-state index contributed by atoms with van der Waals surface area (Å²) in [5, 5.41) is 14.4. The predicted molar refractivity (Wildman–Crippen MR) is 92.8 cm³/mol. The lowest BCUT2D eigenvalue weighted by molar-refractivity contribution is 0.101. The number of carbonyl (C=O) groups excluding carboxylic acids is 1. The molecule has 0 aliphatic heterocycles. The molecule has 0 atom stereocenters. The van der Waals surface area contributed by atoms with Gasteiger partial charge in [0.1, 0.15) is 11.4 Å². The van der Waals surface area contributed by atoms with Crippen LogP contribution in [-0.4, -0.2) is 20.7 Å². The van der Waals surface area contributed by atoms with Gasteiger partial charge >= 0.3 is 0 Å². The number of aryl methyl sites for hydroxylation is 2. The second kappa shape index (κ2) is 5.34. The molecule has 0 amide bonds. The van der Waals surface area contributed by atoms with Crippen LogP contribution in [0.2, 0.25) is 0 Å². The number of benzene rings is 2. The molecule has 0 unspecified atom stereocenters. The van der Waals surface area contributed by atoms with Gasteiger partial charge in [-0.05, 0) is 55.7 Å². The molecular weight excluding hydrogens is 300 g/mol. The maximum Gasteiger partial charge on any atom is 0.180 e. The SMILES string of the molecule is CC(=O)c1nn(-c2ccc(C)cc2)c2c1CCc1cc(O)ccc1-2. The minimum absolute atomic E-state index is 0.0145. The third-order valence-electron chi connectivity index (χ3n) is 4.58. The van der Waals surface area contributed by atoms with Crippen molar-refractivity contribution in [3.8, 4) is 22.7 Å². The highest BCUT2D eigenvalue weighted by molar-refractivity contribution is 5.96. The predicted octanol–water partition coefficient (Wildman–Crippen LogP) is 3.85. The average molecular weight is 318 g/mol. The Bertz CT molecular complexity index is 953. The Kier molecular flexibility index (Phi) is 3.27. The first kappa shape index (κ1) is 14.7. The van der Waals surface area contributed by atoms with Crippen LogP contribution < -0.4 is 0 Å². The summed E-state index contributed by atoms with van der Waals surface area (Å²) < 4.78 is 1.86. The second-order valence-electron chi connectivity index (χ2n) is 6.32.